The number of halogens is 2. The Hall–Kier alpha value is -3.65. The highest BCUT2D eigenvalue weighted by Gasteiger charge is 2.52. The molecule has 1 amide bonds. The number of amides is 1. The molecule has 1 N–H and O–H groups in total. The molecule has 0 saturated carbocycles. The van der Waals surface area contributed by atoms with E-state index in [9.17, 15) is 4.79 Å². The van der Waals surface area contributed by atoms with Gasteiger partial charge in [-0.2, -0.15) is 0 Å². The third-order valence-electron chi connectivity index (χ3n) is 5.40. The smallest absolute Gasteiger partial charge is 0.394 e. The van der Waals surface area contributed by atoms with E-state index >= 15 is 8.63 Å². The van der Waals surface area contributed by atoms with Crippen molar-refractivity contribution in [3.05, 3.63) is 87.7 Å². The minimum Gasteiger partial charge on any atom is -0.394 e. The molecule has 10 heteroatoms. The number of nitrogens with one attached hydrogen (secondary N) is 1. The number of hydrogen-bond acceptors (Lipinski definition) is 2. The Labute approximate surface area is 178 Å². The molecule has 2 aliphatic heterocycles. The number of allylic oxidation sites excluding steroid dienone is 2. The molecular weight excluding hydrogens is 401 g/mol. The summed E-state index contributed by atoms with van der Waals surface area (Å²) in [7, 11) is 0. The average Bonchev–Trinajstić information content (AvgIpc) is 3.38. The maximum atomic E-state index is 15.7. The van der Waals surface area contributed by atoms with E-state index in [4.69, 9.17) is 5.53 Å². The van der Waals surface area contributed by atoms with Gasteiger partial charge in [0.05, 0.1) is 0 Å². The monoisotopic (exact) mass is 422 g/mol. The molecule has 0 saturated heterocycles. The molecule has 2 aromatic rings. The first-order chi connectivity index (χ1) is 15.0. The predicted octanol–water partition coefficient (Wildman–Crippen LogP) is 3.89. The predicted molar refractivity (Wildman–Crippen MR) is 116 cm³/mol. The minimum absolute atomic E-state index is 0.0984. The van der Waals surface area contributed by atoms with Crippen molar-refractivity contribution in [1.82, 2.24) is 9.79 Å². The van der Waals surface area contributed by atoms with Crippen LogP contribution in [0.4, 0.5) is 8.63 Å². The lowest BCUT2D eigenvalue weighted by Crippen LogP contribution is -2.51. The van der Waals surface area contributed by atoms with E-state index in [-0.39, 0.29) is 18.7 Å². The summed E-state index contributed by atoms with van der Waals surface area (Å²) in [5, 5.41) is 6.12. The van der Waals surface area contributed by atoms with E-state index in [0.717, 1.165) is 14.5 Å². The topological polar surface area (TPSA) is 85.8 Å². The summed E-state index contributed by atoms with van der Waals surface area (Å²) in [6, 6.07) is 12.4. The van der Waals surface area contributed by atoms with Crippen molar-refractivity contribution in [1.29, 1.82) is 0 Å². The summed E-state index contributed by atoms with van der Waals surface area (Å²) in [6.45, 7) is -3.43. The lowest BCUT2D eigenvalue weighted by Gasteiger charge is -2.30. The van der Waals surface area contributed by atoms with Crippen LogP contribution in [0.2, 0.25) is 0 Å². The molecular formula is C21H21BF2N6O. The number of benzene rings is 1. The van der Waals surface area contributed by atoms with Crippen molar-refractivity contribution in [3.8, 4) is 0 Å². The van der Waals surface area contributed by atoms with Crippen LogP contribution in [0.5, 0.6) is 0 Å². The molecule has 0 atom stereocenters. The standard InChI is InChI=1S/C21H21BF2N6O/c23-22(24)29-17(10-12-21(31)26-13-4-14-27-28-25)7-8-18(29)15-19-9-11-20(30(19)22)16-5-2-1-3-6-16/h1-3,5-9,11,15H,4,10,12-14H2,(H,26,31). The van der Waals surface area contributed by atoms with Gasteiger partial charge >= 0.3 is 6.97 Å². The number of carbonyl (C=O) groups is 1. The molecule has 0 fully saturated rings. The first kappa shape index (κ1) is 20.6. The molecule has 1 aromatic heterocycles. The lowest BCUT2D eigenvalue weighted by atomic mass is 9.89. The van der Waals surface area contributed by atoms with Gasteiger partial charge in [0.15, 0.2) is 11.4 Å². The molecule has 7 nitrogen and oxygen atoms in total. The molecule has 4 rings (SSSR count). The second kappa shape index (κ2) is 8.61. The summed E-state index contributed by atoms with van der Waals surface area (Å²) < 4.78 is 33.6. The Morgan fingerprint density at radius 1 is 1.19 bits per heavy atom. The van der Waals surface area contributed by atoms with Crippen LogP contribution in [-0.4, -0.2) is 40.6 Å². The number of fused-ring (bicyclic) bond motifs is 2. The van der Waals surface area contributed by atoms with Crippen molar-refractivity contribution in [2.24, 2.45) is 5.11 Å². The quantitative estimate of drug-likeness (QED) is 0.226. The second-order valence-corrected chi connectivity index (χ2v) is 7.39. The molecule has 2 aliphatic rings. The van der Waals surface area contributed by atoms with E-state index in [0.29, 0.717) is 42.3 Å². The fourth-order valence-corrected chi connectivity index (χ4v) is 4.00. The Morgan fingerprint density at radius 3 is 2.77 bits per heavy atom. The number of azide groups is 1. The molecule has 158 valence electrons. The third kappa shape index (κ3) is 4.02. The zero-order valence-corrected chi connectivity index (χ0v) is 16.8. The van der Waals surface area contributed by atoms with Crippen molar-refractivity contribution < 1.29 is 17.9 Å². The van der Waals surface area contributed by atoms with E-state index in [1.165, 1.54) is 0 Å². The minimum atomic E-state index is -4.11. The first-order valence-electron chi connectivity index (χ1n) is 10.1. The van der Waals surface area contributed by atoms with E-state index in [2.05, 4.69) is 15.3 Å². The van der Waals surface area contributed by atoms with Gasteiger partial charge in [0.2, 0.25) is 5.91 Å². The summed E-state index contributed by atoms with van der Waals surface area (Å²) >= 11 is 0. The second-order valence-electron chi connectivity index (χ2n) is 7.39. The number of hydrogen-bond donors (Lipinski definition) is 1. The molecule has 0 radical (unpaired) electrons. The number of rotatable bonds is 8. The van der Waals surface area contributed by atoms with Gasteiger partial charge in [-0.3, -0.25) is 4.79 Å². The Balaban J connectivity index is 1.53. The van der Waals surface area contributed by atoms with Gasteiger partial charge in [0, 0.05) is 53.9 Å². The van der Waals surface area contributed by atoms with Crippen molar-refractivity contribution >= 4 is 24.7 Å². The molecule has 1 aromatic carbocycles. The zero-order valence-electron chi connectivity index (χ0n) is 16.8. The van der Waals surface area contributed by atoms with Crippen LogP contribution in [0.1, 0.15) is 29.8 Å². The SMILES string of the molecule is [N-]=[N+]=NCCCNC(=O)CCc1ccc2n1[B-](F)(F)[N+]1=C(c3ccccc3)C=CC1=C2. The average molecular weight is 422 g/mol. The molecule has 0 aliphatic carbocycles. The highest BCUT2D eigenvalue weighted by atomic mass is 19.2. The summed E-state index contributed by atoms with van der Waals surface area (Å²) in [6.07, 6.45) is 5.99. The van der Waals surface area contributed by atoms with Crippen LogP contribution in [0.25, 0.3) is 16.5 Å². The maximum Gasteiger partial charge on any atom is 0.737 e. The van der Waals surface area contributed by atoms with E-state index in [1.807, 2.05) is 30.3 Å². The van der Waals surface area contributed by atoms with Crippen LogP contribution in [0, 0.1) is 0 Å². The number of carbonyl (C=O) groups excluding carboxylic acids is 1. The van der Waals surface area contributed by atoms with E-state index < -0.39 is 6.97 Å². The van der Waals surface area contributed by atoms with Crippen molar-refractivity contribution in [2.75, 3.05) is 13.1 Å². The maximum absolute atomic E-state index is 15.7. The van der Waals surface area contributed by atoms with E-state index in [1.54, 1.807) is 30.4 Å². The largest absolute Gasteiger partial charge is 0.737 e. The van der Waals surface area contributed by atoms with Crippen LogP contribution in [0.15, 0.2) is 65.4 Å². The van der Waals surface area contributed by atoms with Gasteiger partial charge in [-0.15, -0.1) is 0 Å². The Bertz CT molecular complexity index is 1150. The Kier molecular flexibility index (Phi) is 5.73. The van der Waals surface area contributed by atoms with Gasteiger partial charge < -0.3 is 22.9 Å². The summed E-state index contributed by atoms with van der Waals surface area (Å²) in [4.78, 5) is 14.7. The fourth-order valence-electron chi connectivity index (χ4n) is 4.00. The van der Waals surface area contributed by atoms with Gasteiger partial charge in [0.1, 0.15) is 0 Å². The number of aromatic nitrogens is 1. The van der Waals surface area contributed by atoms with Gasteiger partial charge in [-0.05, 0) is 48.3 Å². The van der Waals surface area contributed by atoms with Crippen LogP contribution in [-0.2, 0) is 11.2 Å². The Morgan fingerprint density at radius 2 is 2.00 bits per heavy atom. The van der Waals surface area contributed by atoms with Crippen LogP contribution in [0.3, 0.4) is 0 Å². The van der Waals surface area contributed by atoms with Gasteiger partial charge in [-0.25, -0.2) is 0 Å². The normalized spacial score (nSPS) is 15.7. The van der Waals surface area contributed by atoms with Crippen LogP contribution < -0.4 is 5.32 Å². The first-order valence-corrected chi connectivity index (χ1v) is 10.1. The molecule has 0 unspecified atom stereocenters. The van der Waals surface area contributed by atoms with Crippen molar-refractivity contribution in [3.63, 3.8) is 0 Å². The number of aryl methyl sites for hydroxylation is 1. The summed E-state index contributed by atoms with van der Waals surface area (Å²) in [5.74, 6) is -0.223. The molecule has 0 bridgehead atoms. The molecule has 0 spiro atoms. The summed E-state index contributed by atoms with van der Waals surface area (Å²) in [5.41, 5.74) is 10.7. The molecule has 31 heavy (non-hydrogen) atoms. The zero-order chi connectivity index (χ0) is 21.8. The lowest BCUT2D eigenvalue weighted by molar-refractivity contribution is -0.360. The molecule has 3 heterocycles. The van der Waals surface area contributed by atoms with Gasteiger partial charge in [0.25, 0.3) is 0 Å². The van der Waals surface area contributed by atoms with Gasteiger partial charge in [-0.1, -0.05) is 23.3 Å². The third-order valence-corrected chi connectivity index (χ3v) is 5.40. The highest BCUT2D eigenvalue weighted by Crippen LogP contribution is 2.33. The fraction of sp³-hybridized carbons (Fsp3) is 0.238. The van der Waals surface area contributed by atoms with Crippen LogP contribution >= 0.6 is 0 Å². The van der Waals surface area contributed by atoms with Crippen molar-refractivity contribution in [2.45, 2.75) is 19.3 Å². The number of nitrogens with zero attached hydrogens (tertiary/aromatic N) is 5. The highest BCUT2D eigenvalue weighted by molar-refractivity contribution is 6.58.